The first-order valence-electron chi connectivity index (χ1n) is 12.1. The van der Waals surface area contributed by atoms with Crippen molar-refractivity contribution in [2.45, 2.75) is 13.0 Å². The summed E-state index contributed by atoms with van der Waals surface area (Å²) in [6.45, 7) is 1.95. The summed E-state index contributed by atoms with van der Waals surface area (Å²) in [6, 6.07) is 17.8. The lowest BCUT2D eigenvalue weighted by Crippen LogP contribution is -2.29. The average molecular weight is 501 g/mol. The van der Waals surface area contributed by atoms with E-state index in [9.17, 15) is 4.79 Å². The minimum absolute atomic E-state index is 0.130. The number of nitrogens with two attached hydrogens (primary N) is 1. The molecule has 6 aromatic rings. The molecule has 186 valence electrons. The minimum atomic E-state index is -0.371. The van der Waals surface area contributed by atoms with E-state index < -0.39 is 0 Å². The zero-order chi connectivity index (χ0) is 26.2. The average Bonchev–Trinajstić information content (AvgIpc) is 3.66. The highest BCUT2D eigenvalue weighted by molar-refractivity contribution is 6.04. The van der Waals surface area contributed by atoms with E-state index in [1.165, 1.54) is 0 Å². The molecule has 0 aliphatic heterocycles. The van der Waals surface area contributed by atoms with Crippen molar-refractivity contribution in [3.8, 4) is 17.5 Å². The van der Waals surface area contributed by atoms with Crippen molar-refractivity contribution < 1.29 is 4.79 Å². The van der Waals surface area contributed by atoms with Crippen molar-refractivity contribution in [1.82, 2.24) is 34.0 Å². The predicted molar refractivity (Wildman–Crippen MR) is 146 cm³/mol. The Morgan fingerprint density at radius 3 is 2.71 bits per heavy atom. The number of aryl methyl sites for hydroxylation is 1. The molecule has 0 radical (unpaired) electrons. The summed E-state index contributed by atoms with van der Waals surface area (Å²) in [7, 11) is 1.87. The standard InChI is InChI=1S/C29H24N8O/c1-19(34-29(38)25-27(30)32-18-36-14-13-31-28(25)36)24-15-22-8-6-7-21(12-11-20-16-33-35(2)17-20)26(22)37(24)23-9-4-3-5-10-23/h3-10,13-19H,30H2,1-2H3,(H,34,38)/t19-/m1/s1. The van der Waals surface area contributed by atoms with Gasteiger partial charge in [-0.25, -0.2) is 9.97 Å². The van der Waals surface area contributed by atoms with Crippen LogP contribution in [-0.4, -0.2) is 34.6 Å². The Morgan fingerprint density at radius 2 is 1.92 bits per heavy atom. The highest BCUT2D eigenvalue weighted by Crippen LogP contribution is 2.31. The molecule has 1 amide bonds. The number of amides is 1. The molecule has 6 rings (SSSR count). The Kier molecular flexibility index (Phi) is 5.62. The third-order valence-corrected chi connectivity index (χ3v) is 6.40. The van der Waals surface area contributed by atoms with Gasteiger partial charge in [0, 0.05) is 48.0 Å². The van der Waals surface area contributed by atoms with Crippen LogP contribution in [0.5, 0.6) is 0 Å². The van der Waals surface area contributed by atoms with Gasteiger partial charge in [0.05, 0.1) is 23.3 Å². The number of anilines is 1. The number of nitrogens with zero attached hydrogens (tertiary/aromatic N) is 6. The van der Waals surface area contributed by atoms with Crippen molar-refractivity contribution in [2.75, 3.05) is 5.73 Å². The van der Waals surface area contributed by atoms with Crippen LogP contribution >= 0.6 is 0 Å². The zero-order valence-electron chi connectivity index (χ0n) is 20.8. The van der Waals surface area contributed by atoms with Gasteiger partial charge in [0.25, 0.3) is 5.91 Å². The number of benzene rings is 2. The number of carbonyl (C=O) groups excluding carboxylic acids is 1. The Balaban J connectivity index is 1.46. The first-order valence-corrected chi connectivity index (χ1v) is 12.1. The number of hydrogen-bond donors (Lipinski definition) is 2. The molecule has 0 saturated heterocycles. The van der Waals surface area contributed by atoms with Gasteiger partial charge >= 0.3 is 0 Å². The third-order valence-electron chi connectivity index (χ3n) is 6.40. The first-order chi connectivity index (χ1) is 18.5. The van der Waals surface area contributed by atoms with Gasteiger partial charge in [-0.2, -0.15) is 5.10 Å². The lowest BCUT2D eigenvalue weighted by molar-refractivity contribution is 0.0940. The molecule has 0 unspecified atom stereocenters. The fraction of sp³-hybridized carbons (Fsp3) is 0.103. The molecule has 4 heterocycles. The van der Waals surface area contributed by atoms with E-state index in [2.05, 4.69) is 48.9 Å². The van der Waals surface area contributed by atoms with Gasteiger partial charge in [-0.05, 0) is 31.2 Å². The van der Waals surface area contributed by atoms with Crippen molar-refractivity contribution in [1.29, 1.82) is 0 Å². The van der Waals surface area contributed by atoms with Crippen molar-refractivity contribution in [2.24, 2.45) is 7.05 Å². The molecule has 0 spiro atoms. The fourth-order valence-electron chi connectivity index (χ4n) is 4.64. The number of nitrogens with one attached hydrogen (secondary N) is 1. The van der Waals surface area contributed by atoms with E-state index in [1.807, 2.05) is 62.6 Å². The highest BCUT2D eigenvalue weighted by Gasteiger charge is 2.23. The fourth-order valence-corrected chi connectivity index (χ4v) is 4.64. The minimum Gasteiger partial charge on any atom is -0.383 e. The molecule has 4 aromatic heterocycles. The molecule has 9 heteroatoms. The van der Waals surface area contributed by atoms with Crippen LogP contribution in [-0.2, 0) is 7.05 Å². The quantitative estimate of drug-likeness (QED) is 0.357. The van der Waals surface area contributed by atoms with Gasteiger partial charge in [0.1, 0.15) is 17.7 Å². The Morgan fingerprint density at radius 1 is 1.08 bits per heavy atom. The van der Waals surface area contributed by atoms with E-state index in [0.717, 1.165) is 33.4 Å². The van der Waals surface area contributed by atoms with E-state index in [0.29, 0.717) is 5.65 Å². The molecule has 0 saturated carbocycles. The number of para-hydroxylation sites is 2. The second-order valence-electron chi connectivity index (χ2n) is 8.99. The van der Waals surface area contributed by atoms with Crippen molar-refractivity contribution >= 4 is 28.3 Å². The Bertz CT molecular complexity index is 1870. The largest absolute Gasteiger partial charge is 0.383 e. The Hall–Kier alpha value is -5.36. The van der Waals surface area contributed by atoms with Gasteiger partial charge in [0.15, 0.2) is 5.65 Å². The molecule has 3 N–H and O–H groups in total. The summed E-state index contributed by atoms with van der Waals surface area (Å²) >= 11 is 0. The molecular weight excluding hydrogens is 476 g/mol. The van der Waals surface area contributed by atoms with Gasteiger partial charge in [-0.15, -0.1) is 0 Å². The van der Waals surface area contributed by atoms with Crippen LogP contribution in [0.4, 0.5) is 5.82 Å². The number of rotatable bonds is 4. The lowest BCUT2D eigenvalue weighted by atomic mass is 10.1. The predicted octanol–water partition coefficient (Wildman–Crippen LogP) is 3.88. The summed E-state index contributed by atoms with van der Waals surface area (Å²) in [5, 5.41) is 8.33. The molecule has 0 bridgehead atoms. The number of imidazole rings is 1. The molecule has 1 atom stereocenters. The van der Waals surface area contributed by atoms with E-state index in [4.69, 9.17) is 5.73 Å². The third kappa shape index (κ3) is 4.04. The first kappa shape index (κ1) is 23.1. The maximum Gasteiger partial charge on any atom is 0.259 e. The summed E-state index contributed by atoms with van der Waals surface area (Å²) in [6.07, 6.45) is 8.50. The Labute approximate surface area is 218 Å². The van der Waals surface area contributed by atoms with Crippen LogP contribution in [0.2, 0.25) is 0 Å². The summed E-state index contributed by atoms with van der Waals surface area (Å²) in [4.78, 5) is 21.9. The van der Waals surface area contributed by atoms with E-state index in [1.54, 1.807) is 34.0 Å². The lowest BCUT2D eigenvalue weighted by Gasteiger charge is -2.19. The van der Waals surface area contributed by atoms with Crippen LogP contribution in [0, 0.1) is 11.8 Å². The number of carbonyl (C=O) groups is 1. The van der Waals surface area contributed by atoms with Gasteiger partial charge in [0.2, 0.25) is 0 Å². The van der Waals surface area contributed by atoms with Gasteiger partial charge < -0.3 is 15.6 Å². The molecule has 9 nitrogen and oxygen atoms in total. The molecule has 38 heavy (non-hydrogen) atoms. The van der Waals surface area contributed by atoms with Gasteiger partial charge in [-0.1, -0.05) is 42.2 Å². The second kappa shape index (κ2) is 9.26. The van der Waals surface area contributed by atoms with Crippen LogP contribution in [0.25, 0.3) is 22.2 Å². The smallest absolute Gasteiger partial charge is 0.259 e. The number of hydrogen-bond acceptors (Lipinski definition) is 5. The van der Waals surface area contributed by atoms with Gasteiger partial charge in [-0.3, -0.25) is 13.9 Å². The zero-order valence-corrected chi connectivity index (χ0v) is 20.8. The highest BCUT2D eigenvalue weighted by atomic mass is 16.1. The number of nitrogen functional groups attached to an aromatic ring is 1. The van der Waals surface area contributed by atoms with Crippen LogP contribution < -0.4 is 11.1 Å². The van der Waals surface area contributed by atoms with Crippen LogP contribution in [0.15, 0.2) is 85.7 Å². The van der Waals surface area contributed by atoms with E-state index >= 15 is 0 Å². The summed E-state index contributed by atoms with van der Waals surface area (Å²) in [5.74, 6) is 6.33. The topological polar surface area (TPSA) is 108 Å². The molecule has 0 aliphatic rings. The second-order valence-corrected chi connectivity index (χ2v) is 8.99. The molecule has 0 aliphatic carbocycles. The maximum absolute atomic E-state index is 13.4. The number of fused-ring (bicyclic) bond motifs is 2. The summed E-state index contributed by atoms with van der Waals surface area (Å²) in [5.41, 5.74) is 11.3. The molecule has 0 fully saturated rings. The summed E-state index contributed by atoms with van der Waals surface area (Å²) < 4.78 is 5.54. The SMILES string of the molecule is C[C@@H](NC(=O)c1c(N)ncn2ccnc12)c1cc2cccc(C#Cc3cnn(C)c3)c2n1-c1ccccc1. The number of aromatic nitrogens is 6. The van der Waals surface area contributed by atoms with Crippen molar-refractivity contribution in [3.63, 3.8) is 0 Å². The van der Waals surface area contributed by atoms with Crippen LogP contribution in [0.1, 0.15) is 40.1 Å². The maximum atomic E-state index is 13.4. The van der Waals surface area contributed by atoms with Crippen molar-refractivity contribution in [3.05, 3.63) is 108 Å². The van der Waals surface area contributed by atoms with E-state index in [-0.39, 0.29) is 23.3 Å². The molecule has 2 aromatic carbocycles. The molecular formula is C29H24N8O. The monoisotopic (exact) mass is 500 g/mol. The normalized spacial score (nSPS) is 11.8. The van der Waals surface area contributed by atoms with Crippen LogP contribution in [0.3, 0.4) is 0 Å².